The molecule has 0 unspecified atom stereocenters. The van der Waals surface area contributed by atoms with E-state index in [1.54, 1.807) is 43.3 Å². The molecule has 4 N–H and O–H groups in total. The van der Waals surface area contributed by atoms with Crippen LogP contribution in [-0.4, -0.2) is 26.8 Å². The molecule has 0 radical (unpaired) electrons. The van der Waals surface area contributed by atoms with Crippen molar-refractivity contribution in [3.05, 3.63) is 86.1 Å². The summed E-state index contributed by atoms with van der Waals surface area (Å²) in [6, 6.07) is 13.0. The molecule has 8 heteroatoms. The van der Waals surface area contributed by atoms with Crippen molar-refractivity contribution in [1.82, 2.24) is 9.55 Å². The van der Waals surface area contributed by atoms with Gasteiger partial charge in [0.05, 0.1) is 11.4 Å². The number of amides is 1. The number of hydrogen-bond acceptors (Lipinski definition) is 5. The van der Waals surface area contributed by atoms with Crippen LogP contribution in [0.25, 0.3) is 5.69 Å². The van der Waals surface area contributed by atoms with Gasteiger partial charge in [-0.25, -0.2) is 9.36 Å². The number of nitrogens with zero attached hydrogens (tertiary/aromatic N) is 2. The molecular formula is C19H16N4O4. The number of aromatic amines is 1. The van der Waals surface area contributed by atoms with E-state index < -0.39 is 23.0 Å². The Hall–Kier alpha value is -3.94. The fraction of sp³-hybridized carbons (Fsp3) is 0.0526. The van der Waals surface area contributed by atoms with Gasteiger partial charge in [-0.3, -0.25) is 19.6 Å². The van der Waals surface area contributed by atoms with Gasteiger partial charge < -0.3 is 10.8 Å². The largest absolute Gasteiger partial charge is 0.493 e. The Morgan fingerprint density at radius 2 is 1.81 bits per heavy atom. The van der Waals surface area contributed by atoms with Crippen molar-refractivity contribution < 1.29 is 9.90 Å². The Balaban J connectivity index is 2.07. The maximum absolute atomic E-state index is 12.2. The van der Waals surface area contributed by atoms with Crippen LogP contribution in [0.15, 0.2) is 63.1 Å². The molecule has 0 fully saturated rings. The maximum atomic E-state index is 12.2. The molecule has 27 heavy (non-hydrogen) atoms. The molecule has 0 aliphatic heterocycles. The Labute approximate surface area is 153 Å². The SMILES string of the molecule is Cc1ccccc1-n1c(O)c(C=Nc2ccc(C(N)=O)cc2)c(=O)[nH]c1=O. The second-order valence-electron chi connectivity index (χ2n) is 5.79. The number of hydrogen-bond donors (Lipinski definition) is 3. The van der Waals surface area contributed by atoms with Gasteiger partial charge in [0.15, 0.2) is 0 Å². The number of carbonyl (C=O) groups excluding carboxylic acids is 1. The van der Waals surface area contributed by atoms with Gasteiger partial charge in [0, 0.05) is 11.8 Å². The number of primary amides is 1. The van der Waals surface area contributed by atoms with E-state index in [1.807, 2.05) is 0 Å². The van der Waals surface area contributed by atoms with E-state index in [0.29, 0.717) is 16.9 Å². The third kappa shape index (κ3) is 3.54. The van der Waals surface area contributed by atoms with E-state index >= 15 is 0 Å². The molecule has 1 aromatic heterocycles. The highest BCUT2D eigenvalue weighted by Crippen LogP contribution is 2.19. The molecule has 3 aromatic rings. The van der Waals surface area contributed by atoms with E-state index in [2.05, 4.69) is 9.98 Å². The molecule has 0 spiro atoms. The lowest BCUT2D eigenvalue weighted by Crippen LogP contribution is -2.31. The Kier molecular flexibility index (Phi) is 4.71. The lowest BCUT2D eigenvalue weighted by molar-refractivity contribution is 0.100. The number of para-hydroxylation sites is 1. The number of rotatable bonds is 4. The van der Waals surface area contributed by atoms with Crippen LogP contribution in [0, 0.1) is 6.92 Å². The van der Waals surface area contributed by atoms with Crippen LogP contribution in [-0.2, 0) is 0 Å². The van der Waals surface area contributed by atoms with E-state index in [1.165, 1.54) is 12.1 Å². The minimum absolute atomic E-state index is 0.170. The molecule has 136 valence electrons. The number of nitrogens with one attached hydrogen (secondary N) is 1. The number of aliphatic imine (C=N–C) groups is 1. The van der Waals surface area contributed by atoms with Crippen molar-refractivity contribution in [3.63, 3.8) is 0 Å². The third-order valence-electron chi connectivity index (χ3n) is 3.97. The fourth-order valence-electron chi connectivity index (χ4n) is 2.54. The molecule has 0 atom stereocenters. The molecule has 2 aromatic carbocycles. The summed E-state index contributed by atoms with van der Waals surface area (Å²) in [4.78, 5) is 41.7. The topological polar surface area (TPSA) is 131 Å². The van der Waals surface area contributed by atoms with Crippen molar-refractivity contribution in [3.8, 4) is 11.6 Å². The first-order valence-electron chi connectivity index (χ1n) is 7.96. The number of aromatic nitrogens is 2. The fourth-order valence-corrected chi connectivity index (χ4v) is 2.54. The van der Waals surface area contributed by atoms with Gasteiger partial charge in [-0.15, -0.1) is 0 Å². The molecule has 8 nitrogen and oxygen atoms in total. The first-order chi connectivity index (χ1) is 12.9. The molecule has 0 saturated heterocycles. The van der Waals surface area contributed by atoms with Crippen LogP contribution in [0.2, 0.25) is 0 Å². The smallest absolute Gasteiger partial charge is 0.335 e. The van der Waals surface area contributed by atoms with E-state index in [9.17, 15) is 19.5 Å². The number of H-pyrrole nitrogens is 1. The predicted molar refractivity (Wildman–Crippen MR) is 101 cm³/mol. The number of carbonyl (C=O) groups is 1. The maximum Gasteiger partial charge on any atom is 0.335 e. The predicted octanol–water partition coefficient (Wildman–Crippen LogP) is 1.39. The van der Waals surface area contributed by atoms with Crippen LogP contribution >= 0.6 is 0 Å². The molecule has 1 amide bonds. The van der Waals surface area contributed by atoms with Crippen LogP contribution in [0.4, 0.5) is 5.69 Å². The molecule has 1 heterocycles. The van der Waals surface area contributed by atoms with E-state index in [-0.39, 0.29) is 5.56 Å². The van der Waals surface area contributed by atoms with Crippen molar-refractivity contribution >= 4 is 17.8 Å². The summed E-state index contributed by atoms with van der Waals surface area (Å²) >= 11 is 0. The highest BCUT2D eigenvalue weighted by molar-refractivity contribution is 5.93. The molecule has 0 aliphatic rings. The molecular weight excluding hydrogens is 348 g/mol. The Morgan fingerprint density at radius 3 is 2.44 bits per heavy atom. The zero-order valence-corrected chi connectivity index (χ0v) is 14.3. The molecule has 3 rings (SSSR count). The summed E-state index contributed by atoms with van der Waals surface area (Å²) in [6.45, 7) is 1.78. The minimum Gasteiger partial charge on any atom is -0.493 e. The highest BCUT2D eigenvalue weighted by atomic mass is 16.3. The van der Waals surface area contributed by atoms with Gasteiger partial charge in [0.25, 0.3) is 5.56 Å². The number of aryl methyl sites for hydroxylation is 1. The van der Waals surface area contributed by atoms with Crippen LogP contribution < -0.4 is 17.0 Å². The summed E-state index contributed by atoms with van der Waals surface area (Å²) < 4.78 is 1.01. The zero-order valence-electron chi connectivity index (χ0n) is 14.3. The van der Waals surface area contributed by atoms with Crippen molar-refractivity contribution in [1.29, 1.82) is 0 Å². The van der Waals surface area contributed by atoms with Gasteiger partial charge in [0.2, 0.25) is 11.8 Å². The van der Waals surface area contributed by atoms with Crippen molar-refractivity contribution in [2.45, 2.75) is 6.92 Å². The van der Waals surface area contributed by atoms with Crippen LogP contribution in [0.5, 0.6) is 5.88 Å². The monoisotopic (exact) mass is 364 g/mol. The number of nitrogens with two attached hydrogens (primary N) is 1. The van der Waals surface area contributed by atoms with Crippen LogP contribution in [0.3, 0.4) is 0 Å². The second kappa shape index (κ2) is 7.12. The zero-order chi connectivity index (χ0) is 19.6. The van der Waals surface area contributed by atoms with Gasteiger partial charge in [-0.1, -0.05) is 18.2 Å². The van der Waals surface area contributed by atoms with Crippen LogP contribution in [0.1, 0.15) is 21.5 Å². The van der Waals surface area contributed by atoms with E-state index in [0.717, 1.165) is 16.3 Å². The second-order valence-corrected chi connectivity index (χ2v) is 5.79. The molecule has 0 aliphatic carbocycles. The number of benzene rings is 2. The Bertz CT molecular complexity index is 1160. The summed E-state index contributed by atoms with van der Waals surface area (Å²) in [7, 11) is 0. The van der Waals surface area contributed by atoms with Crippen molar-refractivity contribution in [2.24, 2.45) is 10.7 Å². The normalized spacial score (nSPS) is 11.0. The average molecular weight is 364 g/mol. The summed E-state index contributed by atoms with van der Waals surface area (Å²) in [6.07, 6.45) is 1.15. The first kappa shape index (κ1) is 17.9. The number of aromatic hydroxyl groups is 1. The van der Waals surface area contributed by atoms with Gasteiger partial charge in [0.1, 0.15) is 5.56 Å². The van der Waals surface area contributed by atoms with Gasteiger partial charge in [-0.2, -0.15) is 0 Å². The standard InChI is InChI=1S/C19H16N4O4/c1-11-4-2-3-5-15(11)23-18(26)14(17(25)22-19(23)27)10-21-13-8-6-12(7-9-13)16(20)24/h2-10,26H,1H3,(H2,20,24)(H,22,25,27). The van der Waals surface area contributed by atoms with Gasteiger partial charge in [-0.05, 0) is 42.8 Å². The highest BCUT2D eigenvalue weighted by Gasteiger charge is 2.15. The van der Waals surface area contributed by atoms with E-state index in [4.69, 9.17) is 5.73 Å². The first-order valence-corrected chi connectivity index (χ1v) is 7.96. The Morgan fingerprint density at radius 1 is 1.15 bits per heavy atom. The summed E-state index contributed by atoms with van der Waals surface area (Å²) in [5, 5.41) is 10.5. The van der Waals surface area contributed by atoms with Gasteiger partial charge >= 0.3 is 5.69 Å². The molecule has 0 saturated carbocycles. The summed E-state index contributed by atoms with van der Waals surface area (Å²) in [5.41, 5.74) is 5.43. The molecule has 0 bridgehead atoms. The summed E-state index contributed by atoms with van der Waals surface area (Å²) in [5.74, 6) is -1.08. The lowest BCUT2D eigenvalue weighted by Gasteiger charge is -2.11. The quantitative estimate of drug-likeness (QED) is 0.604. The minimum atomic E-state index is -0.764. The average Bonchev–Trinajstić information content (AvgIpc) is 2.63. The third-order valence-corrected chi connectivity index (χ3v) is 3.97. The van der Waals surface area contributed by atoms with Crippen molar-refractivity contribution in [2.75, 3.05) is 0 Å². The lowest BCUT2D eigenvalue weighted by atomic mass is 10.2.